The van der Waals surface area contributed by atoms with Crippen LogP contribution in [-0.2, 0) is 14.9 Å². The Labute approximate surface area is 161 Å². The summed E-state index contributed by atoms with van der Waals surface area (Å²) in [4.78, 5) is 14.0. The molecule has 0 radical (unpaired) electrons. The molecule has 1 unspecified atom stereocenters. The van der Waals surface area contributed by atoms with E-state index in [2.05, 4.69) is 37.6 Å². The molecule has 26 heavy (non-hydrogen) atoms. The topological polar surface area (TPSA) is 86.7 Å². The number of nitrogens with zero attached hydrogens (tertiary/aromatic N) is 1. The van der Waals surface area contributed by atoms with Crippen molar-refractivity contribution in [2.45, 2.75) is 79.2 Å². The second-order valence-corrected chi connectivity index (χ2v) is 8.35. The Balaban J connectivity index is 0. The van der Waals surface area contributed by atoms with E-state index in [-0.39, 0.29) is 17.7 Å². The fourth-order valence-electron chi connectivity index (χ4n) is 2.15. The van der Waals surface area contributed by atoms with Crippen LogP contribution in [0.3, 0.4) is 0 Å². The highest BCUT2D eigenvalue weighted by Crippen LogP contribution is 2.03. The molecule has 0 saturated carbocycles. The van der Waals surface area contributed by atoms with Gasteiger partial charge in [0.25, 0.3) is 10.1 Å². The van der Waals surface area contributed by atoms with Crippen LogP contribution in [0.2, 0.25) is 0 Å². The minimum Gasteiger partial charge on any atom is -0.350 e. The lowest BCUT2D eigenvalue weighted by atomic mass is 10.2. The average Bonchev–Trinajstić information content (AvgIpc) is 2.53. The molecular formula is C19H40N2O4S. The summed E-state index contributed by atoms with van der Waals surface area (Å²) < 4.78 is 27.6. The summed E-state index contributed by atoms with van der Waals surface area (Å²) in [6.07, 6.45) is 6.48. The summed E-state index contributed by atoms with van der Waals surface area (Å²) in [5.74, 6) is -0.159. The molecule has 2 N–H and O–H groups in total. The van der Waals surface area contributed by atoms with Crippen molar-refractivity contribution in [1.82, 2.24) is 10.2 Å². The first-order valence-corrected chi connectivity index (χ1v) is 11.3. The molecule has 0 aliphatic rings. The van der Waals surface area contributed by atoms with Gasteiger partial charge in [-0.3, -0.25) is 9.35 Å². The van der Waals surface area contributed by atoms with Gasteiger partial charge in [-0.05, 0) is 52.6 Å². The minimum absolute atomic E-state index is 0.0267. The van der Waals surface area contributed by atoms with Gasteiger partial charge in [0.1, 0.15) is 0 Å². The fourth-order valence-corrected chi connectivity index (χ4v) is 2.67. The Kier molecular flexibility index (Phi) is 17.1. The van der Waals surface area contributed by atoms with Crippen LogP contribution in [0.4, 0.5) is 0 Å². The molecule has 0 aromatic carbocycles. The number of amides is 1. The molecular weight excluding hydrogens is 352 g/mol. The van der Waals surface area contributed by atoms with Gasteiger partial charge >= 0.3 is 0 Å². The maximum atomic E-state index is 11.5. The lowest BCUT2D eigenvalue weighted by molar-refractivity contribution is -0.118. The van der Waals surface area contributed by atoms with Crippen molar-refractivity contribution in [2.24, 2.45) is 0 Å². The first-order chi connectivity index (χ1) is 12.1. The molecule has 0 bridgehead atoms. The normalized spacial score (nSPS) is 12.3. The van der Waals surface area contributed by atoms with Gasteiger partial charge < -0.3 is 10.2 Å². The molecule has 0 aromatic rings. The number of nitrogens with one attached hydrogen (secondary N) is 1. The van der Waals surface area contributed by atoms with Gasteiger partial charge in [-0.1, -0.05) is 40.2 Å². The van der Waals surface area contributed by atoms with Crippen molar-refractivity contribution in [2.75, 3.05) is 25.4 Å². The van der Waals surface area contributed by atoms with Crippen molar-refractivity contribution in [3.05, 3.63) is 12.2 Å². The van der Waals surface area contributed by atoms with E-state index in [1.165, 1.54) is 38.8 Å². The maximum Gasteiger partial charge on any atom is 0.264 e. The quantitative estimate of drug-likeness (QED) is 0.369. The van der Waals surface area contributed by atoms with Crippen LogP contribution < -0.4 is 5.32 Å². The van der Waals surface area contributed by atoms with E-state index in [4.69, 9.17) is 4.55 Å². The number of hydrogen-bond acceptors (Lipinski definition) is 4. The summed E-state index contributed by atoms with van der Waals surface area (Å²) in [5.41, 5.74) is 0.584. The zero-order valence-electron chi connectivity index (χ0n) is 17.4. The van der Waals surface area contributed by atoms with Gasteiger partial charge in [0.2, 0.25) is 5.91 Å². The van der Waals surface area contributed by atoms with E-state index in [1.54, 1.807) is 13.8 Å². The largest absolute Gasteiger partial charge is 0.350 e. The van der Waals surface area contributed by atoms with Gasteiger partial charge in [0.05, 0.1) is 5.75 Å². The summed E-state index contributed by atoms with van der Waals surface area (Å²) in [7, 11) is -3.67. The third kappa shape index (κ3) is 19.4. The molecule has 0 aliphatic carbocycles. The molecule has 1 atom stereocenters. The zero-order valence-corrected chi connectivity index (χ0v) is 18.2. The molecule has 0 aliphatic heterocycles. The van der Waals surface area contributed by atoms with Crippen molar-refractivity contribution in [3.8, 4) is 0 Å². The second-order valence-electron chi connectivity index (χ2n) is 6.78. The van der Waals surface area contributed by atoms with Crippen molar-refractivity contribution >= 4 is 16.0 Å². The summed E-state index contributed by atoms with van der Waals surface area (Å²) >= 11 is 0. The Morgan fingerprint density at radius 2 is 1.58 bits per heavy atom. The lowest BCUT2D eigenvalue weighted by Crippen LogP contribution is -2.37. The molecule has 0 saturated heterocycles. The highest BCUT2D eigenvalue weighted by molar-refractivity contribution is 7.85. The predicted octanol–water partition coefficient (Wildman–Crippen LogP) is 3.64. The molecule has 0 rings (SSSR count). The van der Waals surface area contributed by atoms with Gasteiger partial charge in [0.15, 0.2) is 0 Å². The van der Waals surface area contributed by atoms with E-state index in [9.17, 15) is 13.2 Å². The Hall–Kier alpha value is -0.920. The molecule has 156 valence electrons. The van der Waals surface area contributed by atoms with E-state index in [0.717, 1.165) is 13.0 Å². The molecule has 7 heteroatoms. The number of rotatable bonds is 13. The summed E-state index contributed by atoms with van der Waals surface area (Å²) in [6.45, 7) is 17.0. The van der Waals surface area contributed by atoms with Gasteiger partial charge in [0, 0.05) is 18.2 Å². The fraction of sp³-hybridized carbons (Fsp3) is 0.842. The van der Waals surface area contributed by atoms with E-state index < -0.39 is 10.1 Å². The monoisotopic (exact) mass is 392 g/mol. The number of carbonyl (C=O) groups excluding carboxylic acids is 1. The molecule has 0 heterocycles. The summed E-state index contributed by atoms with van der Waals surface area (Å²) in [5, 5.41) is 2.98. The molecule has 0 fully saturated rings. The first-order valence-electron chi connectivity index (χ1n) is 9.71. The Bertz CT molecular complexity index is 470. The SMILES string of the molecule is C=C(C)C(=O)NC(C)CCN(CCCC)CCCC.CCCS(=O)(=O)O. The molecule has 0 spiro atoms. The van der Waals surface area contributed by atoms with Crippen LogP contribution >= 0.6 is 0 Å². The molecule has 0 aromatic heterocycles. The van der Waals surface area contributed by atoms with Crippen LogP contribution in [0.5, 0.6) is 0 Å². The summed E-state index contributed by atoms with van der Waals surface area (Å²) in [6, 6.07) is 0.218. The first kappa shape index (κ1) is 27.3. The van der Waals surface area contributed by atoms with Crippen molar-refractivity contribution in [1.29, 1.82) is 0 Å². The van der Waals surface area contributed by atoms with Gasteiger partial charge in [-0.25, -0.2) is 0 Å². The minimum atomic E-state index is -3.67. The number of unbranched alkanes of at least 4 members (excludes halogenated alkanes) is 2. The van der Waals surface area contributed by atoms with Gasteiger partial charge in [-0.15, -0.1) is 0 Å². The third-order valence-corrected chi connectivity index (χ3v) is 4.69. The average molecular weight is 393 g/mol. The van der Waals surface area contributed by atoms with Crippen LogP contribution in [0, 0.1) is 0 Å². The van der Waals surface area contributed by atoms with E-state index >= 15 is 0 Å². The molecule has 6 nitrogen and oxygen atoms in total. The lowest BCUT2D eigenvalue weighted by Gasteiger charge is -2.24. The Morgan fingerprint density at radius 1 is 1.08 bits per heavy atom. The maximum absolute atomic E-state index is 11.5. The van der Waals surface area contributed by atoms with Crippen molar-refractivity contribution < 1.29 is 17.8 Å². The highest BCUT2D eigenvalue weighted by Gasteiger charge is 2.10. The van der Waals surface area contributed by atoms with E-state index in [0.29, 0.717) is 12.0 Å². The van der Waals surface area contributed by atoms with Crippen LogP contribution in [-0.4, -0.2) is 55.2 Å². The third-order valence-electron chi connectivity index (χ3n) is 3.76. The van der Waals surface area contributed by atoms with Crippen LogP contribution in [0.15, 0.2) is 12.2 Å². The zero-order chi connectivity index (χ0) is 20.6. The predicted molar refractivity (Wildman–Crippen MR) is 110 cm³/mol. The van der Waals surface area contributed by atoms with Crippen molar-refractivity contribution in [3.63, 3.8) is 0 Å². The van der Waals surface area contributed by atoms with Gasteiger partial charge in [-0.2, -0.15) is 8.42 Å². The highest BCUT2D eigenvalue weighted by atomic mass is 32.2. The standard InChI is InChI=1S/C16H32N2O.C3H8O3S/c1-6-8-11-18(12-9-7-2)13-10-15(5)17-16(19)14(3)4;1-2-3-7(4,5)6/h15H,3,6-13H2,1-2,4-5H3,(H,17,19);2-3H2,1H3,(H,4,5,6). The van der Waals surface area contributed by atoms with Crippen LogP contribution in [0.1, 0.15) is 73.1 Å². The smallest absolute Gasteiger partial charge is 0.264 e. The number of carbonyl (C=O) groups is 1. The van der Waals surface area contributed by atoms with E-state index in [1.807, 2.05) is 0 Å². The Morgan fingerprint density at radius 3 is 1.88 bits per heavy atom. The number of hydrogen-bond donors (Lipinski definition) is 2. The van der Waals surface area contributed by atoms with Crippen LogP contribution in [0.25, 0.3) is 0 Å². The molecule has 1 amide bonds. The second kappa shape index (κ2) is 16.3.